The molecule has 7 rings (SSSR count). The summed E-state index contributed by atoms with van der Waals surface area (Å²) in [6, 6.07) is 18.7. The van der Waals surface area contributed by atoms with Gasteiger partial charge in [0.2, 0.25) is 17.7 Å². The van der Waals surface area contributed by atoms with E-state index in [1.54, 1.807) is 36.0 Å². The fourth-order valence-corrected chi connectivity index (χ4v) is 8.41. The van der Waals surface area contributed by atoms with E-state index in [2.05, 4.69) is 31.1 Å². The number of imide groups is 1. The summed E-state index contributed by atoms with van der Waals surface area (Å²) in [5.74, 6) is -0.760. The fraction of sp³-hybridized carbons (Fsp3) is 0.349. The van der Waals surface area contributed by atoms with Crippen LogP contribution in [0.25, 0.3) is 33.3 Å². The first-order valence-corrected chi connectivity index (χ1v) is 21.9. The van der Waals surface area contributed by atoms with Gasteiger partial charge in [-0.1, -0.05) is 25.1 Å². The first-order chi connectivity index (χ1) is 29.4. The highest BCUT2D eigenvalue weighted by molar-refractivity contribution is 7.90. The van der Waals surface area contributed by atoms with Gasteiger partial charge in [-0.3, -0.25) is 28.8 Å². The number of imidazole rings is 1. The molecule has 1 fully saturated rings. The van der Waals surface area contributed by atoms with Gasteiger partial charge in [-0.05, 0) is 79.3 Å². The highest BCUT2D eigenvalue weighted by Crippen LogP contribution is 2.26. The van der Waals surface area contributed by atoms with E-state index in [1.165, 1.54) is 10.6 Å². The number of fused-ring (bicyclic) bond motifs is 2. The minimum atomic E-state index is -3.50. The van der Waals surface area contributed by atoms with Crippen molar-refractivity contribution in [3.63, 3.8) is 0 Å². The average Bonchev–Trinajstić information content (AvgIpc) is 3.51. The number of aromatic nitrogens is 6. The van der Waals surface area contributed by atoms with Gasteiger partial charge in [-0.2, -0.15) is 5.10 Å². The van der Waals surface area contributed by atoms with Crippen LogP contribution in [0.2, 0.25) is 0 Å². The Morgan fingerprint density at radius 3 is 2.59 bits per heavy atom. The topological polar surface area (TPSA) is 218 Å². The third kappa shape index (κ3) is 9.99. The molecule has 0 aliphatic carbocycles. The van der Waals surface area contributed by atoms with Crippen LogP contribution >= 0.6 is 0 Å². The molecule has 0 spiro atoms. The van der Waals surface area contributed by atoms with E-state index in [4.69, 9.17) is 14.5 Å². The molecular formula is C43H47N9O8S. The van der Waals surface area contributed by atoms with Crippen molar-refractivity contribution in [2.45, 2.75) is 56.5 Å². The molecule has 1 unspecified atom stereocenters. The number of pyridine rings is 2. The van der Waals surface area contributed by atoms with Crippen LogP contribution < -0.4 is 26.4 Å². The Hall–Kier alpha value is -6.37. The molecule has 0 bridgehead atoms. The van der Waals surface area contributed by atoms with Crippen molar-refractivity contribution in [2.75, 3.05) is 39.2 Å². The van der Waals surface area contributed by atoms with Crippen molar-refractivity contribution in [3.8, 4) is 17.1 Å². The average molecular weight is 850 g/mol. The molecule has 1 aliphatic rings. The Morgan fingerprint density at radius 2 is 1.79 bits per heavy atom. The molecule has 61 heavy (non-hydrogen) atoms. The summed E-state index contributed by atoms with van der Waals surface area (Å²) in [6.07, 6.45) is 5.22. The Labute approximate surface area is 351 Å². The smallest absolute Gasteiger partial charge is 0.329 e. The van der Waals surface area contributed by atoms with Gasteiger partial charge in [-0.15, -0.1) is 5.10 Å². The van der Waals surface area contributed by atoms with Crippen LogP contribution in [-0.4, -0.2) is 94.6 Å². The van der Waals surface area contributed by atoms with Crippen molar-refractivity contribution in [1.29, 1.82) is 0 Å². The molecule has 4 aromatic heterocycles. The van der Waals surface area contributed by atoms with Crippen LogP contribution in [0.15, 0.2) is 82.6 Å². The Morgan fingerprint density at radius 1 is 0.951 bits per heavy atom. The van der Waals surface area contributed by atoms with Gasteiger partial charge in [0.25, 0.3) is 5.91 Å². The number of nitrogens with zero attached hydrogens (tertiary/aromatic N) is 6. The van der Waals surface area contributed by atoms with E-state index >= 15 is 0 Å². The third-order valence-electron chi connectivity index (χ3n) is 10.5. The van der Waals surface area contributed by atoms with Gasteiger partial charge in [0.05, 0.1) is 46.0 Å². The Balaban J connectivity index is 0.844. The molecule has 17 nitrogen and oxygen atoms in total. The number of carbonyl (C=O) groups excluding carboxylic acids is 3. The van der Waals surface area contributed by atoms with Gasteiger partial charge in [0.15, 0.2) is 9.84 Å². The molecule has 0 saturated carbocycles. The lowest BCUT2D eigenvalue weighted by Crippen LogP contribution is -2.44. The first kappa shape index (κ1) is 42.7. The van der Waals surface area contributed by atoms with Crippen LogP contribution in [0.5, 0.6) is 5.88 Å². The largest absolute Gasteiger partial charge is 0.476 e. The number of benzene rings is 2. The van der Waals surface area contributed by atoms with Crippen molar-refractivity contribution in [3.05, 3.63) is 106 Å². The zero-order valence-electron chi connectivity index (χ0n) is 34.1. The lowest BCUT2D eigenvalue weighted by atomic mass is 10.0. The molecule has 1 atom stereocenters. The summed E-state index contributed by atoms with van der Waals surface area (Å²) in [4.78, 5) is 59.6. The number of sulfone groups is 1. The number of para-hydroxylation sites is 1. The van der Waals surface area contributed by atoms with Gasteiger partial charge in [-0.25, -0.2) is 23.2 Å². The number of aryl methyl sites for hydroxylation is 3. The Kier molecular flexibility index (Phi) is 13.3. The number of carbonyl (C=O) groups is 3. The summed E-state index contributed by atoms with van der Waals surface area (Å²) in [5, 5.41) is 16.9. The van der Waals surface area contributed by atoms with Crippen molar-refractivity contribution < 1.29 is 32.3 Å². The van der Waals surface area contributed by atoms with E-state index in [0.29, 0.717) is 91.6 Å². The maximum atomic E-state index is 13.2. The van der Waals surface area contributed by atoms with Crippen LogP contribution in [0.4, 0.5) is 0 Å². The van der Waals surface area contributed by atoms with Crippen molar-refractivity contribution in [1.82, 2.24) is 45.2 Å². The van der Waals surface area contributed by atoms with E-state index in [9.17, 15) is 27.6 Å². The molecule has 2 aromatic carbocycles. The lowest BCUT2D eigenvalue weighted by Gasteiger charge is -2.21. The van der Waals surface area contributed by atoms with Gasteiger partial charge in [0.1, 0.15) is 18.2 Å². The molecule has 5 heterocycles. The zero-order chi connectivity index (χ0) is 43.1. The van der Waals surface area contributed by atoms with Gasteiger partial charge >= 0.3 is 5.69 Å². The van der Waals surface area contributed by atoms with Crippen molar-refractivity contribution in [2.24, 2.45) is 7.05 Å². The number of hydrogen-bond acceptors (Lipinski definition) is 13. The number of hydrogen-bond donors (Lipinski definition) is 3. The number of amides is 3. The zero-order valence-corrected chi connectivity index (χ0v) is 35.0. The standard InChI is InChI=1S/C43H47N9O8S/c1-4-27-10-11-30(23-37(27)61(3,57)58)41(54)46-26-31-25-34-33(50-49-31)13-12-32(47-34)29-16-17-45-39(24-29)60-22-19-44-18-21-59-20-6-8-28-7-5-9-35-40(28)51(2)43(56)52(35)36-14-15-38(53)48-42(36)55/h5,7,9-13,16-17,23-25,36,44H,4,6,8,14-15,18-22,26H2,1-3H3,(H,46,54)(H,48,53,55). The van der Waals surface area contributed by atoms with E-state index in [-0.39, 0.29) is 35.0 Å². The fourth-order valence-electron chi connectivity index (χ4n) is 7.38. The lowest BCUT2D eigenvalue weighted by molar-refractivity contribution is -0.135. The van der Waals surface area contributed by atoms with E-state index in [1.807, 2.05) is 49.4 Å². The van der Waals surface area contributed by atoms with Gasteiger partial charge < -0.3 is 20.1 Å². The molecule has 3 amide bonds. The molecule has 3 N–H and O–H groups in total. The second-order valence-corrected chi connectivity index (χ2v) is 16.7. The number of ether oxygens (including phenoxy) is 2. The summed E-state index contributed by atoms with van der Waals surface area (Å²) >= 11 is 0. The molecule has 18 heteroatoms. The second kappa shape index (κ2) is 18.9. The SMILES string of the molecule is CCc1ccc(C(=O)NCc2cc3nc(-c4ccnc(OCCNCCOCCCc5cccc6c5n(C)c(=O)n6C5CCC(=O)NC5=O)c4)ccc3nn2)cc1S(C)(=O)=O. The summed E-state index contributed by atoms with van der Waals surface area (Å²) in [7, 11) is -1.80. The van der Waals surface area contributed by atoms with E-state index in [0.717, 1.165) is 29.3 Å². The van der Waals surface area contributed by atoms with Crippen LogP contribution in [0.1, 0.15) is 59.4 Å². The molecule has 1 aliphatic heterocycles. The number of piperidine rings is 1. The summed E-state index contributed by atoms with van der Waals surface area (Å²) < 4.78 is 39.4. The summed E-state index contributed by atoms with van der Waals surface area (Å²) in [5.41, 5.74) is 6.17. The maximum Gasteiger partial charge on any atom is 0.329 e. The highest BCUT2D eigenvalue weighted by atomic mass is 32.2. The second-order valence-electron chi connectivity index (χ2n) is 14.7. The van der Waals surface area contributed by atoms with Crippen molar-refractivity contribution >= 4 is 49.6 Å². The number of rotatable bonds is 18. The highest BCUT2D eigenvalue weighted by Gasteiger charge is 2.31. The van der Waals surface area contributed by atoms with E-state index < -0.39 is 27.7 Å². The Bertz CT molecular complexity index is 2790. The number of nitrogens with one attached hydrogen (secondary N) is 3. The van der Waals surface area contributed by atoms with Crippen LogP contribution in [-0.2, 0) is 50.6 Å². The minimum Gasteiger partial charge on any atom is -0.476 e. The summed E-state index contributed by atoms with van der Waals surface area (Å²) in [6.45, 7) is 4.55. The maximum absolute atomic E-state index is 13.2. The first-order valence-electron chi connectivity index (χ1n) is 20.1. The molecular weight excluding hydrogens is 803 g/mol. The minimum absolute atomic E-state index is 0.0681. The molecule has 318 valence electrons. The monoisotopic (exact) mass is 849 g/mol. The third-order valence-corrected chi connectivity index (χ3v) is 11.6. The molecule has 0 radical (unpaired) electrons. The quantitative estimate of drug-likeness (QED) is 0.0837. The van der Waals surface area contributed by atoms with Gasteiger partial charge in [0, 0.05) is 62.8 Å². The predicted octanol–water partition coefficient (Wildman–Crippen LogP) is 3.23. The molecule has 6 aromatic rings. The van der Waals surface area contributed by atoms with Crippen LogP contribution in [0, 0.1) is 0 Å². The van der Waals surface area contributed by atoms with Crippen LogP contribution in [0.3, 0.4) is 0 Å². The normalized spacial score (nSPS) is 14.4. The predicted molar refractivity (Wildman–Crippen MR) is 227 cm³/mol. The molecule has 1 saturated heterocycles.